The number of amides is 1. The summed E-state index contributed by atoms with van der Waals surface area (Å²) in [6, 6.07) is 11.9. The van der Waals surface area contributed by atoms with Crippen molar-refractivity contribution in [2.45, 2.75) is 37.0 Å². The average Bonchev–Trinajstić information content (AvgIpc) is 2.99. The standard InChI is InChI=1S/C21H25FN2O4S/c22-17-6-5-7-19(16-17)28-15-12-21(25)23-18-8-10-20(11-9-18)29(26,27)24-13-3-1-2-4-14-24/h5-11,16H,1-4,12-15H2,(H,23,25). The summed E-state index contributed by atoms with van der Waals surface area (Å²) >= 11 is 0. The summed E-state index contributed by atoms with van der Waals surface area (Å²) in [6.07, 6.45) is 3.96. The number of anilines is 1. The van der Waals surface area contributed by atoms with E-state index in [4.69, 9.17) is 4.74 Å². The zero-order valence-electron chi connectivity index (χ0n) is 16.1. The molecular formula is C21H25FN2O4S. The first-order chi connectivity index (χ1) is 13.9. The van der Waals surface area contributed by atoms with Gasteiger partial charge in [0, 0.05) is 24.8 Å². The van der Waals surface area contributed by atoms with E-state index < -0.39 is 15.8 Å². The van der Waals surface area contributed by atoms with E-state index in [1.165, 1.54) is 34.6 Å². The molecule has 2 aromatic rings. The minimum absolute atomic E-state index is 0.0876. The van der Waals surface area contributed by atoms with E-state index in [1.54, 1.807) is 18.2 Å². The maximum atomic E-state index is 13.1. The van der Waals surface area contributed by atoms with Crippen LogP contribution in [0.25, 0.3) is 0 Å². The van der Waals surface area contributed by atoms with Gasteiger partial charge in [-0.05, 0) is 49.2 Å². The van der Waals surface area contributed by atoms with Crippen LogP contribution in [0, 0.1) is 5.82 Å². The van der Waals surface area contributed by atoms with Gasteiger partial charge in [-0.15, -0.1) is 0 Å². The molecule has 1 aliphatic rings. The largest absolute Gasteiger partial charge is 0.493 e. The van der Waals surface area contributed by atoms with Gasteiger partial charge in [0.1, 0.15) is 11.6 Å². The summed E-state index contributed by atoms with van der Waals surface area (Å²) in [7, 11) is -3.51. The number of hydrogen-bond acceptors (Lipinski definition) is 4. The molecule has 6 nitrogen and oxygen atoms in total. The third-order valence-electron chi connectivity index (χ3n) is 4.73. The fourth-order valence-corrected chi connectivity index (χ4v) is 4.70. The third kappa shape index (κ3) is 6.01. The van der Waals surface area contributed by atoms with Crippen molar-refractivity contribution in [1.82, 2.24) is 4.31 Å². The van der Waals surface area contributed by atoms with Crippen molar-refractivity contribution in [1.29, 1.82) is 0 Å². The summed E-state index contributed by atoms with van der Waals surface area (Å²) < 4.78 is 45.5. The van der Waals surface area contributed by atoms with Gasteiger partial charge in [0.25, 0.3) is 0 Å². The lowest BCUT2D eigenvalue weighted by molar-refractivity contribution is -0.116. The third-order valence-corrected chi connectivity index (χ3v) is 6.65. The Hall–Kier alpha value is -2.45. The normalized spacial score (nSPS) is 15.5. The number of sulfonamides is 1. The van der Waals surface area contributed by atoms with Gasteiger partial charge >= 0.3 is 0 Å². The van der Waals surface area contributed by atoms with E-state index in [0.29, 0.717) is 24.5 Å². The minimum Gasteiger partial charge on any atom is -0.493 e. The average molecular weight is 421 g/mol. The van der Waals surface area contributed by atoms with E-state index in [0.717, 1.165) is 25.7 Å². The molecule has 0 saturated carbocycles. The number of nitrogens with one attached hydrogen (secondary N) is 1. The number of halogens is 1. The molecule has 1 N–H and O–H groups in total. The molecule has 0 aliphatic carbocycles. The van der Waals surface area contributed by atoms with Crippen LogP contribution in [0.4, 0.5) is 10.1 Å². The van der Waals surface area contributed by atoms with Gasteiger partial charge in [0.05, 0.1) is 17.9 Å². The lowest BCUT2D eigenvalue weighted by atomic mass is 10.2. The van der Waals surface area contributed by atoms with Crippen LogP contribution in [0.5, 0.6) is 5.75 Å². The second kappa shape index (κ2) is 9.84. The van der Waals surface area contributed by atoms with Crippen LogP contribution in [0.2, 0.25) is 0 Å². The lowest BCUT2D eigenvalue weighted by Crippen LogP contribution is -2.31. The molecule has 3 rings (SSSR count). The molecule has 0 radical (unpaired) electrons. The van der Waals surface area contributed by atoms with Crippen LogP contribution in [0.15, 0.2) is 53.4 Å². The molecule has 0 atom stereocenters. The molecule has 0 bridgehead atoms. The summed E-state index contributed by atoms with van der Waals surface area (Å²) in [5, 5.41) is 2.71. The molecule has 2 aromatic carbocycles. The zero-order chi connectivity index (χ0) is 20.7. The Labute approximate surface area is 170 Å². The molecule has 0 aromatic heterocycles. The highest BCUT2D eigenvalue weighted by Gasteiger charge is 2.24. The summed E-state index contributed by atoms with van der Waals surface area (Å²) in [5.41, 5.74) is 0.510. The molecule has 1 fully saturated rings. The second-order valence-electron chi connectivity index (χ2n) is 6.95. The van der Waals surface area contributed by atoms with Gasteiger partial charge in [-0.3, -0.25) is 4.79 Å². The monoisotopic (exact) mass is 420 g/mol. The van der Waals surface area contributed by atoms with Crippen LogP contribution < -0.4 is 10.1 Å². The highest BCUT2D eigenvalue weighted by atomic mass is 32.2. The van der Waals surface area contributed by atoms with Crippen LogP contribution in [-0.2, 0) is 14.8 Å². The second-order valence-corrected chi connectivity index (χ2v) is 8.88. The first-order valence-electron chi connectivity index (χ1n) is 9.73. The Morgan fingerprint density at radius 2 is 1.72 bits per heavy atom. The van der Waals surface area contributed by atoms with Crippen LogP contribution in [0.3, 0.4) is 0 Å². The molecule has 1 saturated heterocycles. The van der Waals surface area contributed by atoms with Crippen molar-refractivity contribution >= 4 is 21.6 Å². The molecule has 0 unspecified atom stereocenters. The summed E-state index contributed by atoms with van der Waals surface area (Å²) in [6.45, 7) is 1.20. The van der Waals surface area contributed by atoms with Gasteiger partial charge in [0.15, 0.2) is 0 Å². The summed E-state index contributed by atoms with van der Waals surface area (Å²) in [5.74, 6) is -0.312. The first-order valence-corrected chi connectivity index (χ1v) is 11.2. The Morgan fingerprint density at radius 1 is 1.03 bits per heavy atom. The van der Waals surface area contributed by atoms with E-state index in [2.05, 4.69) is 5.32 Å². The number of nitrogens with zero attached hydrogens (tertiary/aromatic N) is 1. The number of hydrogen-bond donors (Lipinski definition) is 1. The zero-order valence-corrected chi connectivity index (χ0v) is 17.0. The van der Waals surface area contributed by atoms with Gasteiger partial charge in [-0.2, -0.15) is 4.31 Å². The van der Waals surface area contributed by atoms with Crippen molar-refractivity contribution in [3.63, 3.8) is 0 Å². The van der Waals surface area contributed by atoms with Crippen LogP contribution in [-0.4, -0.2) is 38.3 Å². The predicted molar refractivity (Wildman–Crippen MR) is 109 cm³/mol. The van der Waals surface area contributed by atoms with E-state index in [1.807, 2.05) is 0 Å². The molecule has 0 spiro atoms. The maximum Gasteiger partial charge on any atom is 0.243 e. The Morgan fingerprint density at radius 3 is 2.38 bits per heavy atom. The van der Waals surface area contributed by atoms with Crippen molar-refractivity contribution in [2.75, 3.05) is 25.0 Å². The number of rotatable bonds is 7. The predicted octanol–water partition coefficient (Wildman–Crippen LogP) is 3.80. The van der Waals surface area contributed by atoms with Gasteiger partial charge in [-0.25, -0.2) is 12.8 Å². The molecular weight excluding hydrogens is 395 g/mol. The van der Waals surface area contributed by atoms with E-state index in [-0.39, 0.29) is 23.8 Å². The Balaban J connectivity index is 1.52. The molecule has 8 heteroatoms. The first kappa shape index (κ1) is 21.3. The molecule has 1 amide bonds. The number of carbonyl (C=O) groups is 1. The van der Waals surface area contributed by atoms with Gasteiger partial charge < -0.3 is 10.1 Å². The quantitative estimate of drug-likeness (QED) is 0.739. The van der Waals surface area contributed by atoms with E-state index in [9.17, 15) is 17.6 Å². The highest BCUT2D eigenvalue weighted by molar-refractivity contribution is 7.89. The van der Waals surface area contributed by atoms with Gasteiger partial charge in [0.2, 0.25) is 15.9 Å². The van der Waals surface area contributed by atoms with E-state index >= 15 is 0 Å². The van der Waals surface area contributed by atoms with Crippen molar-refractivity contribution < 1.29 is 22.3 Å². The maximum absolute atomic E-state index is 13.1. The highest BCUT2D eigenvalue weighted by Crippen LogP contribution is 2.22. The number of ether oxygens (including phenoxy) is 1. The fourth-order valence-electron chi connectivity index (χ4n) is 3.18. The van der Waals surface area contributed by atoms with Gasteiger partial charge in [-0.1, -0.05) is 18.9 Å². The number of carbonyl (C=O) groups excluding carboxylic acids is 1. The molecule has 1 aliphatic heterocycles. The topological polar surface area (TPSA) is 75.7 Å². The summed E-state index contributed by atoms with van der Waals surface area (Å²) in [4.78, 5) is 12.3. The SMILES string of the molecule is O=C(CCOc1cccc(F)c1)Nc1ccc(S(=O)(=O)N2CCCCCC2)cc1. The number of benzene rings is 2. The van der Waals surface area contributed by atoms with Crippen molar-refractivity contribution in [3.8, 4) is 5.75 Å². The molecule has 156 valence electrons. The minimum atomic E-state index is -3.51. The Kier molecular flexibility index (Phi) is 7.22. The fraction of sp³-hybridized carbons (Fsp3) is 0.381. The van der Waals surface area contributed by atoms with Crippen LogP contribution in [0.1, 0.15) is 32.1 Å². The van der Waals surface area contributed by atoms with Crippen LogP contribution >= 0.6 is 0 Å². The smallest absolute Gasteiger partial charge is 0.243 e. The van der Waals surface area contributed by atoms with Crippen molar-refractivity contribution in [2.24, 2.45) is 0 Å². The molecule has 29 heavy (non-hydrogen) atoms. The lowest BCUT2D eigenvalue weighted by Gasteiger charge is -2.20. The molecule has 1 heterocycles. The van der Waals surface area contributed by atoms with Crippen molar-refractivity contribution in [3.05, 3.63) is 54.3 Å². The Bertz CT molecular complexity index is 924.